The molecule has 2 aromatic carbocycles. The number of nitrogens with one attached hydrogen (secondary N) is 1. The molecule has 136 valence electrons. The van der Waals surface area contributed by atoms with Crippen LogP contribution in [-0.2, 0) is 17.8 Å². The summed E-state index contributed by atoms with van der Waals surface area (Å²) in [7, 11) is 0. The number of thiazole rings is 1. The SMILES string of the molecule is Cc1ccccc1NC(=O)Cc1nc(COc2ccc(C#N)cc2Cl)cs1. The average molecular weight is 398 g/mol. The van der Waals surface area contributed by atoms with E-state index in [9.17, 15) is 4.79 Å². The van der Waals surface area contributed by atoms with E-state index in [0.29, 0.717) is 21.3 Å². The molecule has 3 aromatic rings. The summed E-state index contributed by atoms with van der Waals surface area (Å²) in [6.07, 6.45) is 0.205. The van der Waals surface area contributed by atoms with Gasteiger partial charge in [-0.05, 0) is 36.8 Å². The molecule has 5 nitrogen and oxygen atoms in total. The Hall–Kier alpha value is -2.88. The molecule has 1 amide bonds. The number of ether oxygens (including phenoxy) is 1. The molecule has 0 radical (unpaired) electrons. The first-order valence-electron chi connectivity index (χ1n) is 8.16. The highest BCUT2D eigenvalue weighted by molar-refractivity contribution is 7.09. The van der Waals surface area contributed by atoms with Crippen LogP contribution in [0.2, 0.25) is 5.02 Å². The van der Waals surface area contributed by atoms with Crippen molar-refractivity contribution in [3.8, 4) is 11.8 Å². The standard InChI is InChI=1S/C20H16ClN3O2S/c1-13-4-2-3-5-17(13)24-19(25)9-20-23-15(12-27-20)11-26-18-7-6-14(10-22)8-16(18)21/h2-8,12H,9,11H2,1H3,(H,24,25). The van der Waals surface area contributed by atoms with Gasteiger partial charge in [0.2, 0.25) is 5.91 Å². The molecule has 0 bridgehead atoms. The highest BCUT2D eigenvalue weighted by atomic mass is 35.5. The van der Waals surface area contributed by atoms with Crippen LogP contribution in [0, 0.1) is 18.3 Å². The zero-order valence-electron chi connectivity index (χ0n) is 14.5. The van der Waals surface area contributed by atoms with Gasteiger partial charge in [-0.3, -0.25) is 4.79 Å². The fraction of sp³-hybridized carbons (Fsp3) is 0.150. The van der Waals surface area contributed by atoms with Crippen LogP contribution in [0.15, 0.2) is 47.8 Å². The molecule has 1 heterocycles. The number of carbonyl (C=O) groups is 1. The lowest BCUT2D eigenvalue weighted by Gasteiger charge is -2.07. The van der Waals surface area contributed by atoms with Crippen molar-refractivity contribution < 1.29 is 9.53 Å². The van der Waals surface area contributed by atoms with Gasteiger partial charge in [-0.15, -0.1) is 11.3 Å². The van der Waals surface area contributed by atoms with E-state index in [4.69, 9.17) is 21.6 Å². The lowest BCUT2D eigenvalue weighted by atomic mass is 10.2. The molecule has 0 spiro atoms. The lowest BCUT2D eigenvalue weighted by Crippen LogP contribution is -2.15. The summed E-state index contributed by atoms with van der Waals surface area (Å²) in [5.74, 6) is 0.378. The first-order valence-corrected chi connectivity index (χ1v) is 9.42. The molecule has 0 atom stereocenters. The topological polar surface area (TPSA) is 75.0 Å². The molecule has 0 saturated carbocycles. The third-order valence-corrected chi connectivity index (χ3v) is 4.96. The van der Waals surface area contributed by atoms with Gasteiger partial charge in [0, 0.05) is 11.1 Å². The number of nitrogens with zero attached hydrogens (tertiary/aromatic N) is 2. The maximum absolute atomic E-state index is 12.2. The molecule has 1 aromatic heterocycles. The van der Waals surface area contributed by atoms with Crippen molar-refractivity contribution in [1.82, 2.24) is 4.98 Å². The van der Waals surface area contributed by atoms with E-state index in [1.807, 2.05) is 42.6 Å². The molecule has 27 heavy (non-hydrogen) atoms. The maximum Gasteiger partial charge on any atom is 0.231 e. The zero-order valence-corrected chi connectivity index (χ0v) is 16.1. The summed E-state index contributed by atoms with van der Waals surface area (Å²) in [5, 5.41) is 14.7. The Labute approximate surface area is 166 Å². The number of aryl methyl sites for hydroxylation is 1. The van der Waals surface area contributed by atoms with Crippen LogP contribution in [0.5, 0.6) is 5.75 Å². The Balaban J connectivity index is 1.56. The number of nitriles is 1. The van der Waals surface area contributed by atoms with Crippen LogP contribution in [0.4, 0.5) is 5.69 Å². The molecule has 3 rings (SSSR count). The van der Waals surface area contributed by atoms with E-state index in [1.54, 1.807) is 18.2 Å². The number of hydrogen-bond donors (Lipinski definition) is 1. The molecule has 0 fully saturated rings. The van der Waals surface area contributed by atoms with Crippen LogP contribution >= 0.6 is 22.9 Å². The first-order chi connectivity index (χ1) is 13.0. The van der Waals surface area contributed by atoms with Gasteiger partial charge in [0.05, 0.1) is 28.8 Å². The van der Waals surface area contributed by atoms with Gasteiger partial charge < -0.3 is 10.1 Å². The van der Waals surface area contributed by atoms with E-state index >= 15 is 0 Å². The number of amides is 1. The van der Waals surface area contributed by atoms with Gasteiger partial charge in [0.1, 0.15) is 17.4 Å². The Bertz CT molecular complexity index is 1010. The quantitative estimate of drug-likeness (QED) is 0.652. The maximum atomic E-state index is 12.2. The predicted octanol–water partition coefficient (Wildman–Crippen LogP) is 4.74. The second-order valence-corrected chi connectivity index (χ2v) is 7.17. The van der Waals surface area contributed by atoms with Gasteiger partial charge in [0.25, 0.3) is 0 Å². The summed E-state index contributed by atoms with van der Waals surface area (Å²) in [5.41, 5.74) is 3.01. The Morgan fingerprint density at radius 3 is 2.89 bits per heavy atom. The minimum absolute atomic E-state index is 0.110. The third-order valence-electron chi connectivity index (χ3n) is 3.77. The summed E-state index contributed by atoms with van der Waals surface area (Å²) < 4.78 is 5.65. The van der Waals surface area contributed by atoms with Gasteiger partial charge >= 0.3 is 0 Å². The van der Waals surface area contributed by atoms with Crippen LogP contribution in [-0.4, -0.2) is 10.9 Å². The Kier molecular flexibility index (Phi) is 6.07. The Morgan fingerprint density at radius 1 is 1.33 bits per heavy atom. The summed E-state index contributed by atoms with van der Waals surface area (Å²) in [6.45, 7) is 2.18. The minimum Gasteiger partial charge on any atom is -0.486 e. The molecule has 7 heteroatoms. The number of hydrogen-bond acceptors (Lipinski definition) is 5. The number of para-hydroxylation sites is 1. The number of benzene rings is 2. The number of halogens is 1. The minimum atomic E-state index is -0.110. The second kappa shape index (κ2) is 8.67. The van der Waals surface area contributed by atoms with Crippen molar-refractivity contribution >= 4 is 34.5 Å². The fourth-order valence-electron chi connectivity index (χ4n) is 2.38. The third kappa shape index (κ3) is 5.07. The van der Waals surface area contributed by atoms with Crippen molar-refractivity contribution in [3.05, 3.63) is 74.7 Å². The van der Waals surface area contributed by atoms with E-state index < -0.39 is 0 Å². The highest BCUT2D eigenvalue weighted by Crippen LogP contribution is 2.26. The molecule has 0 unspecified atom stereocenters. The van der Waals surface area contributed by atoms with Crippen molar-refractivity contribution in [1.29, 1.82) is 5.26 Å². The normalized spacial score (nSPS) is 10.3. The van der Waals surface area contributed by atoms with Crippen LogP contribution in [0.1, 0.15) is 21.8 Å². The molecule has 0 aliphatic heterocycles. The fourth-order valence-corrected chi connectivity index (χ4v) is 3.39. The summed E-state index contributed by atoms with van der Waals surface area (Å²) in [4.78, 5) is 16.6. The van der Waals surface area contributed by atoms with Crippen molar-refractivity contribution in [3.63, 3.8) is 0 Å². The van der Waals surface area contributed by atoms with Crippen molar-refractivity contribution in [2.45, 2.75) is 20.0 Å². The molecule has 0 saturated heterocycles. The smallest absolute Gasteiger partial charge is 0.231 e. The van der Waals surface area contributed by atoms with Gasteiger partial charge in [0.15, 0.2) is 0 Å². The molecule has 0 aliphatic carbocycles. The summed E-state index contributed by atoms with van der Waals surface area (Å²) in [6, 6.07) is 14.5. The van der Waals surface area contributed by atoms with Crippen LogP contribution in [0.25, 0.3) is 0 Å². The van der Waals surface area contributed by atoms with E-state index in [0.717, 1.165) is 16.9 Å². The highest BCUT2D eigenvalue weighted by Gasteiger charge is 2.10. The van der Waals surface area contributed by atoms with E-state index in [2.05, 4.69) is 10.3 Å². The molecule has 0 aliphatic rings. The number of aromatic nitrogens is 1. The first kappa shape index (κ1) is 18.9. The number of anilines is 1. The van der Waals surface area contributed by atoms with Crippen LogP contribution in [0.3, 0.4) is 0 Å². The van der Waals surface area contributed by atoms with Gasteiger partial charge in [-0.25, -0.2) is 4.98 Å². The second-order valence-electron chi connectivity index (χ2n) is 5.82. The largest absolute Gasteiger partial charge is 0.486 e. The molecular weight excluding hydrogens is 382 g/mol. The monoisotopic (exact) mass is 397 g/mol. The number of carbonyl (C=O) groups excluding carboxylic acids is 1. The average Bonchev–Trinajstić information content (AvgIpc) is 3.09. The van der Waals surface area contributed by atoms with Crippen LogP contribution < -0.4 is 10.1 Å². The van der Waals surface area contributed by atoms with E-state index in [-0.39, 0.29) is 18.9 Å². The summed E-state index contributed by atoms with van der Waals surface area (Å²) >= 11 is 7.50. The van der Waals surface area contributed by atoms with Crippen molar-refractivity contribution in [2.24, 2.45) is 0 Å². The zero-order chi connectivity index (χ0) is 19.2. The predicted molar refractivity (Wildman–Crippen MR) is 106 cm³/mol. The van der Waals surface area contributed by atoms with Gasteiger partial charge in [-0.2, -0.15) is 5.26 Å². The molecular formula is C20H16ClN3O2S. The molecule has 1 N–H and O–H groups in total. The Morgan fingerprint density at radius 2 is 2.15 bits per heavy atom. The van der Waals surface area contributed by atoms with E-state index in [1.165, 1.54) is 11.3 Å². The van der Waals surface area contributed by atoms with Gasteiger partial charge in [-0.1, -0.05) is 29.8 Å². The number of rotatable bonds is 6. The lowest BCUT2D eigenvalue weighted by molar-refractivity contribution is -0.115. The van der Waals surface area contributed by atoms with Crippen molar-refractivity contribution in [2.75, 3.05) is 5.32 Å².